The van der Waals surface area contributed by atoms with Crippen LogP contribution < -0.4 is 0 Å². The Morgan fingerprint density at radius 3 is 2.81 bits per heavy atom. The number of amides is 1. The molecule has 31 heavy (non-hydrogen) atoms. The molecule has 3 aliphatic rings. The fraction of sp³-hybridized carbons (Fsp3) is 0.682. The van der Waals surface area contributed by atoms with E-state index in [1.807, 2.05) is 51.8 Å². The summed E-state index contributed by atoms with van der Waals surface area (Å²) in [5, 5.41) is 1.26. The minimum Gasteiger partial charge on any atom is -0.444 e. The van der Waals surface area contributed by atoms with Gasteiger partial charge in [-0.25, -0.2) is 14.8 Å². The number of fused-ring (bicyclic) bond motifs is 3. The Balaban J connectivity index is 1.48. The first-order valence-electron chi connectivity index (χ1n) is 10.8. The molecule has 2 aromatic rings. The number of halogens is 1. The van der Waals surface area contributed by atoms with Crippen LogP contribution in [0.2, 0.25) is 5.15 Å². The first kappa shape index (κ1) is 21.0. The van der Waals surface area contributed by atoms with Gasteiger partial charge in [-0.3, -0.25) is 0 Å². The van der Waals surface area contributed by atoms with Gasteiger partial charge in [0.05, 0.1) is 17.5 Å². The Kier molecular flexibility index (Phi) is 4.60. The molecule has 1 amide bonds. The highest BCUT2D eigenvalue weighted by molar-refractivity contribution is 6.33. The molecule has 8 nitrogen and oxygen atoms in total. The van der Waals surface area contributed by atoms with Crippen molar-refractivity contribution in [1.29, 1.82) is 0 Å². The smallest absolute Gasteiger partial charge is 0.410 e. The summed E-state index contributed by atoms with van der Waals surface area (Å²) in [5.41, 5.74) is 0.0648. The van der Waals surface area contributed by atoms with Gasteiger partial charge in [-0.05, 0) is 53.5 Å². The second-order valence-corrected chi connectivity index (χ2v) is 10.8. The van der Waals surface area contributed by atoms with E-state index in [0.717, 1.165) is 23.9 Å². The van der Waals surface area contributed by atoms with E-state index in [9.17, 15) is 4.79 Å². The van der Waals surface area contributed by atoms with Crippen LogP contribution in [0.4, 0.5) is 4.79 Å². The summed E-state index contributed by atoms with van der Waals surface area (Å²) >= 11 is 6.28. The Bertz CT molecular complexity index is 1030. The average molecular weight is 449 g/mol. The minimum absolute atomic E-state index is 0.0221. The van der Waals surface area contributed by atoms with E-state index >= 15 is 0 Å². The third-order valence-corrected chi connectivity index (χ3v) is 6.88. The number of carbonyl (C=O) groups is 1. The van der Waals surface area contributed by atoms with Gasteiger partial charge in [0.15, 0.2) is 5.79 Å². The predicted molar refractivity (Wildman–Crippen MR) is 115 cm³/mol. The van der Waals surface area contributed by atoms with Crippen LogP contribution in [0.1, 0.15) is 53.5 Å². The van der Waals surface area contributed by atoms with Gasteiger partial charge in [0.1, 0.15) is 28.8 Å². The maximum Gasteiger partial charge on any atom is 0.410 e. The number of aromatic nitrogens is 3. The molecule has 2 saturated heterocycles. The molecule has 0 radical (unpaired) electrons. The van der Waals surface area contributed by atoms with Crippen molar-refractivity contribution >= 4 is 28.7 Å². The molecule has 2 aliphatic heterocycles. The molecule has 0 aromatic carbocycles. The molecule has 1 saturated carbocycles. The first-order valence-corrected chi connectivity index (χ1v) is 11.2. The van der Waals surface area contributed by atoms with E-state index in [0.29, 0.717) is 18.2 Å². The standard InChI is InChI=1S/C22H29ClN4O4/c1-20(2,3)31-19(28)26-9-7-22(11-26)10-14(15-16(22)30-21(4,5)29-15)27-8-6-13-17(23)24-12-25-18(13)27/h6,8,12,14-16H,7,9-11H2,1-5H3/t14-,15+,16+,22+/m1/s1. The van der Waals surface area contributed by atoms with Crippen LogP contribution in [0, 0.1) is 5.41 Å². The summed E-state index contributed by atoms with van der Waals surface area (Å²) in [5.74, 6) is -0.685. The van der Waals surface area contributed by atoms with Crippen molar-refractivity contribution < 1.29 is 19.0 Å². The Morgan fingerprint density at radius 2 is 2.06 bits per heavy atom. The highest BCUT2D eigenvalue weighted by Gasteiger charge is 2.64. The van der Waals surface area contributed by atoms with Crippen molar-refractivity contribution in [1.82, 2.24) is 19.4 Å². The molecule has 5 rings (SSSR count). The molecular formula is C22H29ClN4O4. The maximum atomic E-state index is 12.7. The molecule has 0 unspecified atom stereocenters. The lowest BCUT2D eigenvalue weighted by Crippen LogP contribution is -2.41. The summed E-state index contributed by atoms with van der Waals surface area (Å²) in [4.78, 5) is 23.1. The number of ether oxygens (including phenoxy) is 3. The molecule has 1 aliphatic carbocycles. The summed E-state index contributed by atoms with van der Waals surface area (Å²) in [6, 6.07) is 1.97. The van der Waals surface area contributed by atoms with Crippen LogP contribution in [-0.2, 0) is 14.2 Å². The van der Waals surface area contributed by atoms with Crippen LogP contribution in [0.25, 0.3) is 11.0 Å². The van der Waals surface area contributed by atoms with Gasteiger partial charge in [0.25, 0.3) is 0 Å². The third-order valence-electron chi connectivity index (χ3n) is 6.58. The number of hydrogen-bond acceptors (Lipinski definition) is 6. The zero-order valence-electron chi connectivity index (χ0n) is 18.6. The number of hydrogen-bond donors (Lipinski definition) is 0. The van der Waals surface area contributed by atoms with Crippen molar-refractivity contribution in [3.8, 4) is 0 Å². The van der Waals surface area contributed by atoms with Crippen molar-refractivity contribution in [2.75, 3.05) is 13.1 Å². The highest BCUT2D eigenvalue weighted by atomic mass is 35.5. The van der Waals surface area contributed by atoms with Gasteiger partial charge in [-0.1, -0.05) is 11.6 Å². The average Bonchev–Trinajstić information content (AvgIpc) is 3.38. The van der Waals surface area contributed by atoms with Gasteiger partial charge >= 0.3 is 6.09 Å². The number of carbonyl (C=O) groups excluding carboxylic acids is 1. The largest absolute Gasteiger partial charge is 0.444 e. The van der Waals surface area contributed by atoms with Crippen molar-refractivity contribution in [3.63, 3.8) is 0 Å². The summed E-state index contributed by atoms with van der Waals surface area (Å²) < 4.78 is 20.6. The van der Waals surface area contributed by atoms with E-state index in [1.165, 1.54) is 6.33 Å². The minimum atomic E-state index is -0.685. The van der Waals surface area contributed by atoms with E-state index < -0.39 is 11.4 Å². The highest BCUT2D eigenvalue weighted by Crippen LogP contribution is 2.57. The van der Waals surface area contributed by atoms with Crippen molar-refractivity contribution in [3.05, 3.63) is 23.7 Å². The molecule has 4 heterocycles. The SMILES string of the molecule is CC(C)(C)OC(=O)N1CC[C@]2(C[C@@H](n3ccc4c(Cl)ncnc43)[C@@H]3OC(C)(C)O[C@@H]32)C1. The number of rotatable bonds is 1. The molecule has 1 spiro atoms. The second kappa shape index (κ2) is 6.80. The number of nitrogens with zero attached hydrogens (tertiary/aromatic N) is 4. The van der Waals surface area contributed by atoms with E-state index in [2.05, 4.69) is 14.5 Å². The van der Waals surface area contributed by atoms with Gasteiger partial charge in [0, 0.05) is 24.7 Å². The van der Waals surface area contributed by atoms with Crippen molar-refractivity contribution in [2.45, 2.75) is 77.1 Å². The van der Waals surface area contributed by atoms with E-state index in [-0.39, 0.29) is 29.8 Å². The molecule has 4 atom stereocenters. The van der Waals surface area contributed by atoms with Gasteiger partial charge in [0.2, 0.25) is 0 Å². The van der Waals surface area contributed by atoms with Crippen LogP contribution in [0.5, 0.6) is 0 Å². The lowest BCUT2D eigenvalue weighted by Gasteiger charge is -2.32. The fourth-order valence-electron chi connectivity index (χ4n) is 5.43. The fourth-order valence-corrected chi connectivity index (χ4v) is 5.63. The summed E-state index contributed by atoms with van der Waals surface area (Å²) in [6.07, 6.45) is 4.63. The van der Waals surface area contributed by atoms with Crippen LogP contribution >= 0.6 is 11.6 Å². The first-order chi connectivity index (χ1) is 14.5. The summed E-state index contributed by atoms with van der Waals surface area (Å²) in [6.45, 7) is 10.8. The Hall–Kier alpha value is -1.90. The molecule has 3 fully saturated rings. The molecule has 2 aromatic heterocycles. The van der Waals surface area contributed by atoms with Gasteiger partial charge in [-0.15, -0.1) is 0 Å². The zero-order valence-corrected chi connectivity index (χ0v) is 19.3. The normalized spacial score (nSPS) is 32.2. The van der Waals surface area contributed by atoms with Crippen LogP contribution in [-0.4, -0.2) is 62.2 Å². The molecule has 0 N–H and O–H groups in total. The molecule has 9 heteroatoms. The Labute approximate surface area is 186 Å². The molecular weight excluding hydrogens is 420 g/mol. The zero-order chi connectivity index (χ0) is 22.2. The van der Waals surface area contributed by atoms with E-state index in [1.54, 1.807) is 0 Å². The monoisotopic (exact) mass is 448 g/mol. The molecule has 168 valence electrons. The van der Waals surface area contributed by atoms with Gasteiger partial charge in [-0.2, -0.15) is 0 Å². The Morgan fingerprint density at radius 1 is 1.29 bits per heavy atom. The van der Waals surface area contributed by atoms with Crippen molar-refractivity contribution in [2.24, 2.45) is 5.41 Å². The summed E-state index contributed by atoms with van der Waals surface area (Å²) in [7, 11) is 0. The molecule has 0 bridgehead atoms. The lowest BCUT2D eigenvalue weighted by atomic mass is 9.83. The predicted octanol–water partition coefficient (Wildman–Crippen LogP) is 4.18. The maximum absolute atomic E-state index is 12.7. The van der Waals surface area contributed by atoms with Crippen LogP contribution in [0.3, 0.4) is 0 Å². The topological polar surface area (TPSA) is 78.7 Å². The third kappa shape index (κ3) is 3.49. The lowest BCUT2D eigenvalue weighted by molar-refractivity contribution is -0.168. The number of likely N-dealkylation sites (tertiary alicyclic amines) is 1. The van der Waals surface area contributed by atoms with Gasteiger partial charge < -0.3 is 23.7 Å². The van der Waals surface area contributed by atoms with E-state index in [4.69, 9.17) is 25.8 Å². The second-order valence-electron chi connectivity index (χ2n) is 10.4. The van der Waals surface area contributed by atoms with Crippen LogP contribution in [0.15, 0.2) is 18.6 Å². The quantitative estimate of drug-likeness (QED) is 0.609.